The van der Waals surface area contributed by atoms with Crippen molar-refractivity contribution < 1.29 is 22.0 Å². The van der Waals surface area contributed by atoms with E-state index in [0.29, 0.717) is 0 Å². The molecule has 0 bridgehead atoms. The first kappa shape index (κ1) is 18.0. The van der Waals surface area contributed by atoms with E-state index >= 15 is 0 Å². The third-order valence-electron chi connectivity index (χ3n) is 2.79. The lowest BCUT2D eigenvalue weighted by atomic mass is 10.2. The molecule has 25 heavy (non-hydrogen) atoms. The highest BCUT2D eigenvalue weighted by atomic mass is 19.4. The van der Waals surface area contributed by atoms with Gasteiger partial charge in [0.2, 0.25) is 0 Å². The van der Waals surface area contributed by atoms with Gasteiger partial charge in [0.15, 0.2) is 11.6 Å². The Balaban J connectivity index is 2.14. The predicted octanol–water partition coefficient (Wildman–Crippen LogP) is 5.02. The zero-order chi connectivity index (χ0) is 18.4. The first-order valence-corrected chi connectivity index (χ1v) is 6.58. The average molecular weight is 353 g/mol. The Morgan fingerprint density at radius 1 is 1.00 bits per heavy atom. The quantitative estimate of drug-likeness (QED) is 0.277. The van der Waals surface area contributed by atoms with Gasteiger partial charge in [-0.25, -0.2) is 8.78 Å². The third-order valence-corrected chi connectivity index (χ3v) is 2.79. The molecule has 2 aromatic carbocycles. The number of nitriles is 1. The summed E-state index contributed by atoms with van der Waals surface area (Å²) in [5.41, 5.74) is 0.599. The van der Waals surface area contributed by atoms with E-state index in [9.17, 15) is 22.0 Å². The van der Waals surface area contributed by atoms with Crippen LogP contribution in [0.1, 0.15) is 5.56 Å². The summed E-state index contributed by atoms with van der Waals surface area (Å²) >= 11 is 0. The highest BCUT2D eigenvalue weighted by molar-refractivity contribution is 5.97. The Bertz CT molecular complexity index is 830. The highest BCUT2D eigenvalue weighted by Gasteiger charge is 2.29. The van der Waals surface area contributed by atoms with Gasteiger partial charge in [-0.15, -0.1) is 15.3 Å². The predicted molar refractivity (Wildman–Crippen MR) is 79.0 cm³/mol. The molecule has 0 atom stereocenters. The van der Waals surface area contributed by atoms with Crippen molar-refractivity contribution in [1.82, 2.24) is 0 Å². The molecule has 0 fully saturated rings. The number of benzene rings is 2. The van der Waals surface area contributed by atoms with Crippen LogP contribution < -0.4 is 5.43 Å². The number of alkyl halides is 3. The molecule has 2 rings (SSSR count). The number of amidine groups is 1. The van der Waals surface area contributed by atoms with Crippen molar-refractivity contribution in [3.63, 3.8) is 0 Å². The minimum atomic E-state index is -4.48. The summed E-state index contributed by atoms with van der Waals surface area (Å²) in [5.74, 6) is -2.44. The monoisotopic (exact) mass is 353 g/mol. The van der Waals surface area contributed by atoms with Crippen LogP contribution in [0.25, 0.3) is 0 Å². The van der Waals surface area contributed by atoms with Crippen molar-refractivity contribution in [1.29, 1.82) is 5.26 Å². The molecule has 0 aliphatic carbocycles. The summed E-state index contributed by atoms with van der Waals surface area (Å²) in [5, 5.41) is 19.2. The fourth-order valence-corrected chi connectivity index (χ4v) is 1.61. The third kappa shape index (κ3) is 4.81. The minimum absolute atomic E-state index is 0.0352. The van der Waals surface area contributed by atoms with Crippen molar-refractivity contribution in [2.24, 2.45) is 15.3 Å². The molecule has 0 aliphatic rings. The molecule has 0 amide bonds. The fraction of sp³-hybridized carbons (Fsp3) is 0.0667. The molecule has 0 aromatic heterocycles. The first-order valence-electron chi connectivity index (χ1n) is 6.58. The number of nitrogens with zero attached hydrogens (tertiary/aromatic N) is 4. The van der Waals surface area contributed by atoms with Gasteiger partial charge < -0.3 is 0 Å². The Kier molecular flexibility index (Phi) is 5.38. The molecule has 0 unspecified atom stereocenters. The van der Waals surface area contributed by atoms with Crippen LogP contribution in [0.3, 0.4) is 0 Å². The number of anilines is 1. The van der Waals surface area contributed by atoms with Gasteiger partial charge in [0.25, 0.3) is 5.84 Å². The number of rotatable bonds is 3. The second kappa shape index (κ2) is 7.48. The summed E-state index contributed by atoms with van der Waals surface area (Å²) in [6, 6.07) is 8.32. The molecule has 0 saturated heterocycles. The summed E-state index contributed by atoms with van der Waals surface area (Å²) in [6.45, 7) is 0. The lowest BCUT2D eigenvalue weighted by Gasteiger charge is -2.05. The van der Waals surface area contributed by atoms with Crippen molar-refractivity contribution in [3.05, 3.63) is 59.7 Å². The molecule has 128 valence electrons. The first-order chi connectivity index (χ1) is 11.8. The largest absolute Gasteiger partial charge is 0.416 e. The zero-order valence-electron chi connectivity index (χ0n) is 12.2. The van der Waals surface area contributed by atoms with E-state index in [0.717, 1.165) is 42.5 Å². The molecular formula is C15H8F5N5. The molecular weight excluding hydrogens is 345 g/mol. The van der Waals surface area contributed by atoms with E-state index in [1.807, 2.05) is 5.43 Å². The molecule has 0 spiro atoms. The smallest absolute Gasteiger partial charge is 0.270 e. The molecule has 5 nitrogen and oxygen atoms in total. The van der Waals surface area contributed by atoms with Gasteiger partial charge in [-0.3, -0.25) is 5.43 Å². The van der Waals surface area contributed by atoms with E-state index in [1.165, 1.54) is 6.07 Å². The van der Waals surface area contributed by atoms with Gasteiger partial charge in [-0.2, -0.15) is 18.4 Å². The van der Waals surface area contributed by atoms with Gasteiger partial charge in [0.1, 0.15) is 11.8 Å². The van der Waals surface area contributed by atoms with Crippen LogP contribution in [-0.4, -0.2) is 5.84 Å². The van der Waals surface area contributed by atoms with Crippen LogP contribution in [0, 0.1) is 23.0 Å². The average Bonchev–Trinajstić information content (AvgIpc) is 2.56. The Morgan fingerprint density at radius 3 is 2.12 bits per heavy atom. The summed E-state index contributed by atoms with van der Waals surface area (Å²) in [6.07, 6.45) is -4.48. The van der Waals surface area contributed by atoms with Crippen LogP contribution in [0.5, 0.6) is 0 Å². The molecule has 1 N–H and O–H groups in total. The fourth-order valence-electron chi connectivity index (χ4n) is 1.61. The van der Waals surface area contributed by atoms with Crippen LogP contribution in [0.2, 0.25) is 0 Å². The zero-order valence-corrected chi connectivity index (χ0v) is 12.2. The SMILES string of the molecule is N#CC(N=Nc1ccc(C(F)(F)F)cc1)=NNc1c(F)cccc1F. The molecule has 0 saturated carbocycles. The normalized spacial score (nSPS) is 12.2. The van der Waals surface area contributed by atoms with E-state index in [4.69, 9.17) is 5.26 Å². The number of hydrogen-bond donors (Lipinski definition) is 1. The lowest BCUT2D eigenvalue weighted by molar-refractivity contribution is -0.137. The maximum absolute atomic E-state index is 13.4. The number of azo groups is 1. The van der Waals surface area contributed by atoms with Gasteiger partial charge in [0, 0.05) is 0 Å². The van der Waals surface area contributed by atoms with Crippen LogP contribution >= 0.6 is 0 Å². The second-order valence-corrected chi connectivity index (χ2v) is 4.50. The topological polar surface area (TPSA) is 72.9 Å². The van der Waals surface area contributed by atoms with Gasteiger partial charge >= 0.3 is 6.18 Å². The van der Waals surface area contributed by atoms with Gasteiger partial charge in [0.05, 0.1) is 11.3 Å². The summed E-state index contributed by atoms with van der Waals surface area (Å²) in [4.78, 5) is 0. The molecule has 0 radical (unpaired) electrons. The number of hydrogen-bond acceptors (Lipinski definition) is 4. The number of nitrogens with one attached hydrogen (secondary N) is 1. The van der Waals surface area contributed by atoms with Crippen molar-refractivity contribution in [2.75, 3.05) is 5.43 Å². The standard InChI is InChI=1S/C15H8F5N5/c16-11-2-1-3-12(17)14(11)25-24-13(8-21)23-22-10-6-4-9(5-7-10)15(18,19)20/h1-7,25H. The lowest BCUT2D eigenvalue weighted by Crippen LogP contribution is -2.03. The molecule has 0 heterocycles. The maximum Gasteiger partial charge on any atom is 0.416 e. The van der Waals surface area contributed by atoms with E-state index in [2.05, 4.69) is 15.3 Å². The van der Waals surface area contributed by atoms with Crippen molar-refractivity contribution >= 4 is 17.2 Å². The van der Waals surface area contributed by atoms with Crippen LogP contribution in [-0.2, 0) is 6.18 Å². The Hall–Kier alpha value is -3.35. The van der Waals surface area contributed by atoms with Crippen molar-refractivity contribution in [2.45, 2.75) is 6.18 Å². The highest BCUT2D eigenvalue weighted by Crippen LogP contribution is 2.30. The van der Waals surface area contributed by atoms with Crippen LogP contribution in [0.4, 0.5) is 33.3 Å². The van der Waals surface area contributed by atoms with Gasteiger partial charge in [-0.05, 0) is 36.4 Å². The minimum Gasteiger partial charge on any atom is -0.270 e. The number of hydrazone groups is 1. The Labute approximate surface area is 138 Å². The van der Waals surface area contributed by atoms with E-state index in [-0.39, 0.29) is 5.69 Å². The molecule has 0 aliphatic heterocycles. The number of para-hydroxylation sites is 1. The maximum atomic E-state index is 13.4. The summed E-state index contributed by atoms with van der Waals surface area (Å²) < 4.78 is 64.1. The van der Waals surface area contributed by atoms with E-state index in [1.54, 1.807) is 0 Å². The summed E-state index contributed by atoms with van der Waals surface area (Å²) in [7, 11) is 0. The second-order valence-electron chi connectivity index (χ2n) is 4.50. The van der Waals surface area contributed by atoms with Crippen LogP contribution in [0.15, 0.2) is 57.8 Å². The Morgan fingerprint density at radius 2 is 1.60 bits per heavy atom. The van der Waals surface area contributed by atoms with E-state index < -0.39 is 34.9 Å². The molecule has 10 heteroatoms. The van der Waals surface area contributed by atoms with Crippen molar-refractivity contribution in [3.8, 4) is 6.07 Å². The van der Waals surface area contributed by atoms with Gasteiger partial charge in [-0.1, -0.05) is 6.07 Å². The molecule has 2 aromatic rings. The number of halogens is 5.